The number of ether oxygens (including phenoxy) is 1. The summed E-state index contributed by atoms with van der Waals surface area (Å²) in [7, 11) is 1.70. The lowest BCUT2D eigenvalue weighted by atomic mass is 9.96. The van der Waals surface area contributed by atoms with Crippen LogP contribution in [0.4, 0.5) is 5.13 Å². The summed E-state index contributed by atoms with van der Waals surface area (Å²) in [4.78, 5) is 17.2. The third-order valence-electron chi connectivity index (χ3n) is 3.23. The van der Waals surface area contributed by atoms with Crippen molar-refractivity contribution in [2.45, 2.75) is 19.4 Å². The number of carbonyl (C=O) groups is 1. The summed E-state index contributed by atoms with van der Waals surface area (Å²) in [5, 5.41) is 9.68. The Morgan fingerprint density at radius 3 is 2.94 bits per heavy atom. The highest BCUT2D eigenvalue weighted by Gasteiger charge is 2.28. The van der Waals surface area contributed by atoms with Crippen molar-refractivity contribution in [1.82, 2.24) is 4.98 Å². The number of carboxylic acid groups (broad SMARTS) is 1. The second kappa shape index (κ2) is 5.42. The number of halogens is 1. The van der Waals surface area contributed by atoms with Gasteiger partial charge in [-0.05, 0) is 12.3 Å². The Morgan fingerprint density at radius 2 is 2.39 bits per heavy atom. The van der Waals surface area contributed by atoms with E-state index in [4.69, 9.17) is 21.4 Å². The molecule has 1 fully saturated rings. The van der Waals surface area contributed by atoms with Crippen LogP contribution in [0.1, 0.15) is 23.0 Å². The van der Waals surface area contributed by atoms with Crippen molar-refractivity contribution in [2.75, 3.05) is 25.1 Å². The van der Waals surface area contributed by atoms with Crippen LogP contribution in [0, 0.1) is 5.92 Å². The highest BCUT2D eigenvalue weighted by Crippen LogP contribution is 2.32. The van der Waals surface area contributed by atoms with E-state index in [1.54, 1.807) is 7.11 Å². The van der Waals surface area contributed by atoms with Gasteiger partial charge in [0.15, 0.2) is 15.2 Å². The number of aromatic carboxylic acids is 1. The van der Waals surface area contributed by atoms with E-state index >= 15 is 0 Å². The number of piperidine rings is 1. The van der Waals surface area contributed by atoms with Gasteiger partial charge in [0.25, 0.3) is 0 Å². The van der Waals surface area contributed by atoms with Gasteiger partial charge in [0.2, 0.25) is 0 Å². The Morgan fingerprint density at radius 1 is 1.67 bits per heavy atom. The molecule has 1 aliphatic heterocycles. The lowest BCUT2D eigenvalue weighted by Gasteiger charge is -2.35. The van der Waals surface area contributed by atoms with Crippen molar-refractivity contribution in [3.05, 3.63) is 10.0 Å². The van der Waals surface area contributed by atoms with E-state index in [0.29, 0.717) is 11.0 Å². The van der Waals surface area contributed by atoms with Gasteiger partial charge in [0, 0.05) is 20.2 Å². The number of aromatic nitrogens is 1. The fraction of sp³-hybridized carbons (Fsp3) is 0.636. The number of carboxylic acids is 1. The van der Waals surface area contributed by atoms with E-state index in [9.17, 15) is 4.79 Å². The minimum atomic E-state index is -1.03. The fourth-order valence-electron chi connectivity index (χ4n) is 2.07. The van der Waals surface area contributed by atoms with Gasteiger partial charge in [-0.2, -0.15) is 0 Å². The molecule has 18 heavy (non-hydrogen) atoms. The first-order chi connectivity index (χ1) is 8.52. The molecule has 0 aromatic carbocycles. The van der Waals surface area contributed by atoms with E-state index in [2.05, 4.69) is 11.9 Å². The predicted octanol–water partition coefficient (Wildman–Crippen LogP) is 2.36. The van der Waals surface area contributed by atoms with Crippen LogP contribution in [0.3, 0.4) is 0 Å². The molecule has 1 N–H and O–H groups in total. The van der Waals surface area contributed by atoms with Crippen molar-refractivity contribution in [3.8, 4) is 0 Å². The molecular weight excluding hydrogens is 276 g/mol. The summed E-state index contributed by atoms with van der Waals surface area (Å²) in [5.41, 5.74) is 0. The number of rotatable bonds is 3. The summed E-state index contributed by atoms with van der Waals surface area (Å²) in [6.45, 7) is 3.73. The molecule has 1 aromatic heterocycles. The third kappa shape index (κ3) is 2.60. The van der Waals surface area contributed by atoms with Crippen LogP contribution in [0.25, 0.3) is 0 Å². The first-order valence-corrected chi connectivity index (χ1v) is 6.89. The van der Waals surface area contributed by atoms with Crippen LogP contribution in [-0.4, -0.2) is 42.4 Å². The van der Waals surface area contributed by atoms with Crippen LogP contribution in [0.2, 0.25) is 5.15 Å². The molecule has 0 saturated carbocycles. The van der Waals surface area contributed by atoms with Crippen LogP contribution < -0.4 is 4.90 Å². The molecule has 2 rings (SSSR count). The van der Waals surface area contributed by atoms with Gasteiger partial charge in [-0.25, -0.2) is 9.78 Å². The Balaban J connectivity index is 2.17. The quantitative estimate of drug-likeness (QED) is 0.926. The summed E-state index contributed by atoms with van der Waals surface area (Å²) in [5.74, 6) is -0.530. The van der Waals surface area contributed by atoms with Crippen molar-refractivity contribution >= 4 is 34.0 Å². The highest BCUT2D eigenvalue weighted by molar-refractivity contribution is 7.18. The second-order valence-corrected chi connectivity index (χ2v) is 5.74. The largest absolute Gasteiger partial charge is 0.477 e. The van der Waals surface area contributed by atoms with Gasteiger partial charge in [-0.3, -0.25) is 0 Å². The van der Waals surface area contributed by atoms with Crippen LogP contribution in [-0.2, 0) is 4.74 Å². The number of anilines is 1. The minimum Gasteiger partial charge on any atom is -0.477 e. The van der Waals surface area contributed by atoms with E-state index in [0.717, 1.165) is 30.8 Å². The van der Waals surface area contributed by atoms with Crippen LogP contribution >= 0.6 is 22.9 Å². The zero-order valence-electron chi connectivity index (χ0n) is 10.2. The van der Waals surface area contributed by atoms with E-state index in [-0.39, 0.29) is 16.1 Å². The van der Waals surface area contributed by atoms with Crippen molar-refractivity contribution < 1.29 is 14.6 Å². The van der Waals surface area contributed by atoms with Crippen molar-refractivity contribution in [1.29, 1.82) is 0 Å². The SMILES string of the molecule is COC1CN(c2nc(Cl)c(C(=O)O)s2)CCC1C. The smallest absolute Gasteiger partial charge is 0.349 e. The Labute approximate surface area is 114 Å². The number of hydrogen-bond donors (Lipinski definition) is 1. The first-order valence-electron chi connectivity index (χ1n) is 5.70. The van der Waals surface area contributed by atoms with E-state index in [1.807, 2.05) is 4.90 Å². The fourth-order valence-corrected chi connectivity index (χ4v) is 3.23. The predicted molar refractivity (Wildman–Crippen MR) is 70.9 cm³/mol. The van der Waals surface area contributed by atoms with Gasteiger partial charge < -0.3 is 14.7 Å². The standard InChI is InChI=1S/C11H15ClN2O3S/c1-6-3-4-14(5-7(6)17-2)11-13-9(12)8(18-11)10(15)16/h6-7H,3-5H2,1-2H3,(H,15,16). The lowest BCUT2D eigenvalue weighted by molar-refractivity contribution is 0.0498. The van der Waals surface area contributed by atoms with Gasteiger partial charge in [-0.1, -0.05) is 29.9 Å². The number of hydrogen-bond acceptors (Lipinski definition) is 5. The van der Waals surface area contributed by atoms with Crippen LogP contribution in [0.5, 0.6) is 0 Å². The van der Waals surface area contributed by atoms with Crippen molar-refractivity contribution in [3.63, 3.8) is 0 Å². The maximum Gasteiger partial charge on any atom is 0.349 e. The molecule has 0 spiro atoms. The Hall–Kier alpha value is -0.850. The average molecular weight is 291 g/mol. The molecule has 2 unspecified atom stereocenters. The zero-order chi connectivity index (χ0) is 13.3. The minimum absolute atomic E-state index is 0.0649. The molecule has 2 atom stereocenters. The first kappa shape index (κ1) is 13.6. The average Bonchev–Trinajstić information content (AvgIpc) is 2.72. The molecule has 0 bridgehead atoms. The molecule has 7 heteroatoms. The zero-order valence-corrected chi connectivity index (χ0v) is 11.8. The number of thiazole rings is 1. The second-order valence-electron chi connectivity index (χ2n) is 4.41. The molecule has 100 valence electrons. The molecule has 1 aromatic rings. The third-order valence-corrected chi connectivity index (χ3v) is 4.72. The molecule has 1 aliphatic rings. The normalized spacial score (nSPS) is 24.3. The summed E-state index contributed by atoms with van der Waals surface area (Å²) in [6, 6.07) is 0. The molecule has 0 aliphatic carbocycles. The lowest BCUT2D eigenvalue weighted by Crippen LogP contribution is -2.43. The molecule has 2 heterocycles. The molecule has 0 amide bonds. The highest BCUT2D eigenvalue weighted by atomic mass is 35.5. The maximum absolute atomic E-state index is 10.9. The molecule has 0 radical (unpaired) electrons. The summed E-state index contributed by atoms with van der Waals surface area (Å²) in [6.07, 6.45) is 1.15. The Kier molecular flexibility index (Phi) is 4.09. The maximum atomic E-state index is 10.9. The van der Waals surface area contributed by atoms with E-state index in [1.165, 1.54) is 0 Å². The summed E-state index contributed by atoms with van der Waals surface area (Å²) >= 11 is 6.93. The topological polar surface area (TPSA) is 62.7 Å². The van der Waals surface area contributed by atoms with E-state index < -0.39 is 5.97 Å². The molecule has 1 saturated heterocycles. The Bertz CT molecular complexity index is 451. The van der Waals surface area contributed by atoms with Gasteiger partial charge in [0.1, 0.15) is 0 Å². The molecular formula is C11H15ClN2O3S. The van der Waals surface area contributed by atoms with Crippen LogP contribution in [0.15, 0.2) is 0 Å². The monoisotopic (exact) mass is 290 g/mol. The summed E-state index contributed by atoms with van der Waals surface area (Å²) < 4.78 is 5.43. The number of nitrogens with zero attached hydrogens (tertiary/aromatic N) is 2. The molecule has 5 nitrogen and oxygen atoms in total. The van der Waals surface area contributed by atoms with Gasteiger partial charge in [0.05, 0.1) is 6.10 Å². The number of methoxy groups -OCH3 is 1. The van der Waals surface area contributed by atoms with Gasteiger partial charge in [-0.15, -0.1) is 0 Å². The van der Waals surface area contributed by atoms with Crippen molar-refractivity contribution in [2.24, 2.45) is 5.92 Å². The van der Waals surface area contributed by atoms with Gasteiger partial charge >= 0.3 is 5.97 Å².